The molecule has 1 aromatic heterocycles. The SMILES string of the molecule is COc1ccc2c(c1)OC(c1nc(C)cs1)C[C@@H]2N. The van der Waals surface area contributed by atoms with Gasteiger partial charge in [0.25, 0.3) is 0 Å². The van der Waals surface area contributed by atoms with E-state index in [4.69, 9.17) is 15.2 Å². The summed E-state index contributed by atoms with van der Waals surface area (Å²) in [5.74, 6) is 1.58. The maximum absolute atomic E-state index is 6.23. The summed E-state index contributed by atoms with van der Waals surface area (Å²) in [6.45, 7) is 1.99. The molecule has 3 rings (SSSR count). The summed E-state index contributed by atoms with van der Waals surface area (Å²) in [6.07, 6.45) is 0.694. The van der Waals surface area contributed by atoms with Gasteiger partial charge >= 0.3 is 0 Å². The summed E-state index contributed by atoms with van der Waals surface area (Å²) in [7, 11) is 1.64. The van der Waals surface area contributed by atoms with Crippen molar-refractivity contribution in [3.63, 3.8) is 0 Å². The van der Waals surface area contributed by atoms with Gasteiger partial charge in [0.2, 0.25) is 0 Å². The maximum Gasteiger partial charge on any atom is 0.152 e. The average molecular weight is 276 g/mol. The van der Waals surface area contributed by atoms with Crippen molar-refractivity contribution in [1.29, 1.82) is 0 Å². The van der Waals surface area contributed by atoms with Crippen LogP contribution in [0.5, 0.6) is 11.5 Å². The lowest BCUT2D eigenvalue weighted by Crippen LogP contribution is -2.24. The zero-order chi connectivity index (χ0) is 13.4. The zero-order valence-electron chi connectivity index (χ0n) is 10.9. The average Bonchev–Trinajstić information content (AvgIpc) is 2.84. The normalized spacial score (nSPS) is 21.6. The van der Waals surface area contributed by atoms with Crippen molar-refractivity contribution < 1.29 is 9.47 Å². The molecule has 1 aliphatic heterocycles. The first-order valence-corrected chi connectivity index (χ1v) is 7.07. The van der Waals surface area contributed by atoms with Crippen molar-refractivity contribution in [3.8, 4) is 11.5 Å². The number of thiazole rings is 1. The molecule has 19 heavy (non-hydrogen) atoms. The molecule has 1 aliphatic rings. The summed E-state index contributed by atoms with van der Waals surface area (Å²) in [4.78, 5) is 4.49. The Kier molecular flexibility index (Phi) is 3.16. The van der Waals surface area contributed by atoms with E-state index in [1.807, 2.05) is 30.5 Å². The van der Waals surface area contributed by atoms with Crippen LogP contribution in [0.1, 0.15) is 34.8 Å². The Labute approximate surface area is 116 Å². The van der Waals surface area contributed by atoms with Crippen LogP contribution in [0, 0.1) is 6.92 Å². The van der Waals surface area contributed by atoms with Crippen LogP contribution in [0.15, 0.2) is 23.6 Å². The monoisotopic (exact) mass is 276 g/mol. The molecule has 0 saturated carbocycles. The van der Waals surface area contributed by atoms with E-state index in [0.717, 1.165) is 34.2 Å². The molecule has 4 nitrogen and oxygen atoms in total. The second-order valence-electron chi connectivity index (χ2n) is 4.68. The minimum Gasteiger partial charge on any atom is -0.497 e. The molecule has 0 radical (unpaired) electrons. The summed E-state index contributed by atoms with van der Waals surface area (Å²) in [6, 6.07) is 5.75. The second-order valence-corrected chi connectivity index (χ2v) is 5.57. The molecular formula is C14H16N2O2S. The largest absolute Gasteiger partial charge is 0.497 e. The number of nitrogens with two attached hydrogens (primary N) is 1. The van der Waals surface area contributed by atoms with Crippen molar-refractivity contribution in [2.24, 2.45) is 5.73 Å². The standard InChI is InChI=1S/C14H16N2O2S/c1-8-7-19-14(16-8)13-6-11(15)10-4-3-9(17-2)5-12(10)18-13/h3-5,7,11,13H,6,15H2,1-2H3/t11-,13?/m0/s1. The third kappa shape index (κ3) is 2.31. The van der Waals surface area contributed by atoms with Crippen LogP contribution in [0.2, 0.25) is 0 Å². The van der Waals surface area contributed by atoms with Crippen molar-refractivity contribution in [1.82, 2.24) is 4.98 Å². The maximum atomic E-state index is 6.23. The summed E-state index contributed by atoms with van der Waals surface area (Å²) in [5, 5.41) is 3.02. The van der Waals surface area contributed by atoms with Crippen LogP contribution in [-0.2, 0) is 0 Å². The molecule has 2 heterocycles. The van der Waals surface area contributed by atoms with Crippen LogP contribution in [-0.4, -0.2) is 12.1 Å². The lowest BCUT2D eigenvalue weighted by atomic mass is 9.97. The number of methoxy groups -OCH3 is 1. The number of fused-ring (bicyclic) bond motifs is 1. The molecule has 0 saturated heterocycles. The Morgan fingerprint density at radius 1 is 1.47 bits per heavy atom. The molecule has 0 fully saturated rings. The van der Waals surface area contributed by atoms with Gasteiger partial charge in [-0.25, -0.2) is 4.98 Å². The lowest BCUT2D eigenvalue weighted by molar-refractivity contribution is 0.160. The first-order valence-electron chi connectivity index (χ1n) is 6.19. The van der Waals surface area contributed by atoms with Gasteiger partial charge in [-0.15, -0.1) is 11.3 Å². The summed E-state index contributed by atoms with van der Waals surface area (Å²) < 4.78 is 11.3. The number of aromatic nitrogens is 1. The highest BCUT2D eigenvalue weighted by molar-refractivity contribution is 7.09. The van der Waals surface area contributed by atoms with Gasteiger partial charge in [0.1, 0.15) is 16.5 Å². The molecule has 1 unspecified atom stereocenters. The van der Waals surface area contributed by atoms with E-state index in [0.29, 0.717) is 0 Å². The van der Waals surface area contributed by atoms with E-state index in [1.54, 1.807) is 18.4 Å². The molecule has 100 valence electrons. The molecule has 2 atom stereocenters. The molecule has 2 N–H and O–H groups in total. The third-order valence-corrected chi connectivity index (χ3v) is 4.32. The van der Waals surface area contributed by atoms with Gasteiger partial charge in [0.15, 0.2) is 6.10 Å². The van der Waals surface area contributed by atoms with E-state index in [2.05, 4.69) is 4.98 Å². The molecule has 0 amide bonds. The molecular weight excluding hydrogens is 260 g/mol. The number of nitrogens with zero attached hydrogens (tertiary/aromatic N) is 1. The Morgan fingerprint density at radius 2 is 2.32 bits per heavy atom. The first-order chi connectivity index (χ1) is 9.17. The Hall–Kier alpha value is -1.59. The molecule has 0 aliphatic carbocycles. The van der Waals surface area contributed by atoms with Gasteiger partial charge in [0.05, 0.1) is 7.11 Å². The van der Waals surface area contributed by atoms with Crippen LogP contribution in [0.3, 0.4) is 0 Å². The van der Waals surface area contributed by atoms with E-state index in [-0.39, 0.29) is 12.1 Å². The highest BCUT2D eigenvalue weighted by Crippen LogP contribution is 2.41. The van der Waals surface area contributed by atoms with Gasteiger partial charge in [-0.05, 0) is 13.0 Å². The van der Waals surface area contributed by atoms with Gasteiger partial charge < -0.3 is 15.2 Å². The van der Waals surface area contributed by atoms with Crippen molar-refractivity contribution in [3.05, 3.63) is 39.8 Å². The fourth-order valence-corrected chi connectivity index (χ4v) is 3.12. The summed E-state index contributed by atoms with van der Waals surface area (Å²) in [5.41, 5.74) is 8.28. The van der Waals surface area contributed by atoms with E-state index in [9.17, 15) is 0 Å². The number of ether oxygens (including phenoxy) is 2. The first kappa shape index (κ1) is 12.4. The topological polar surface area (TPSA) is 57.4 Å². The highest BCUT2D eigenvalue weighted by atomic mass is 32.1. The van der Waals surface area contributed by atoms with Crippen molar-refractivity contribution in [2.75, 3.05) is 7.11 Å². The third-order valence-electron chi connectivity index (χ3n) is 3.27. The fourth-order valence-electron chi connectivity index (χ4n) is 2.28. The lowest BCUT2D eigenvalue weighted by Gasteiger charge is -2.29. The quantitative estimate of drug-likeness (QED) is 0.916. The van der Waals surface area contributed by atoms with Crippen LogP contribution < -0.4 is 15.2 Å². The van der Waals surface area contributed by atoms with Crippen molar-refractivity contribution >= 4 is 11.3 Å². The predicted molar refractivity (Wildman–Crippen MR) is 74.8 cm³/mol. The molecule has 1 aromatic carbocycles. The Balaban J connectivity index is 1.93. The number of rotatable bonds is 2. The number of benzene rings is 1. The Bertz CT molecular complexity index is 597. The number of aryl methyl sites for hydroxylation is 1. The molecule has 5 heteroatoms. The minimum absolute atomic E-state index is 0.0242. The van der Waals surface area contributed by atoms with Crippen LogP contribution in [0.4, 0.5) is 0 Å². The fraction of sp³-hybridized carbons (Fsp3) is 0.357. The second kappa shape index (κ2) is 4.83. The Morgan fingerprint density at radius 3 is 3.00 bits per heavy atom. The summed E-state index contributed by atoms with van der Waals surface area (Å²) >= 11 is 1.62. The van der Waals surface area contributed by atoms with Gasteiger partial charge in [-0.1, -0.05) is 6.07 Å². The zero-order valence-corrected chi connectivity index (χ0v) is 11.7. The van der Waals surface area contributed by atoms with Crippen molar-refractivity contribution in [2.45, 2.75) is 25.5 Å². The smallest absolute Gasteiger partial charge is 0.152 e. The molecule has 0 bridgehead atoms. The van der Waals surface area contributed by atoms with Crippen LogP contribution >= 0.6 is 11.3 Å². The molecule has 2 aromatic rings. The number of hydrogen-bond acceptors (Lipinski definition) is 5. The van der Waals surface area contributed by atoms with E-state index >= 15 is 0 Å². The predicted octanol–water partition coefficient (Wildman–Crippen LogP) is 2.98. The van der Waals surface area contributed by atoms with Gasteiger partial charge in [0, 0.05) is 35.2 Å². The van der Waals surface area contributed by atoms with E-state index in [1.165, 1.54) is 0 Å². The minimum atomic E-state index is -0.0618. The van der Waals surface area contributed by atoms with Gasteiger partial charge in [-0.2, -0.15) is 0 Å². The van der Waals surface area contributed by atoms with Gasteiger partial charge in [-0.3, -0.25) is 0 Å². The van der Waals surface area contributed by atoms with E-state index < -0.39 is 0 Å². The molecule has 0 spiro atoms. The number of hydrogen-bond donors (Lipinski definition) is 1. The highest BCUT2D eigenvalue weighted by Gasteiger charge is 2.29. The van der Waals surface area contributed by atoms with Crippen LogP contribution in [0.25, 0.3) is 0 Å².